The Morgan fingerprint density at radius 1 is 1.78 bits per heavy atom. The maximum absolute atomic E-state index is 8.48. The Bertz CT molecular complexity index is 193. The maximum atomic E-state index is 8.48. The average molecular weight is 119 g/mol. The van der Waals surface area contributed by atoms with Gasteiger partial charge in [0.25, 0.3) is 0 Å². The highest BCUT2D eigenvalue weighted by atomic mass is 14.3. The second kappa shape index (κ2) is 2.50. The van der Waals surface area contributed by atoms with Gasteiger partial charge in [-0.15, -0.1) is 0 Å². The third-order valence-electron chi connectivity index (χ3n) is 1.43. The quantitative estimate of drug-likeness (QED) is 0.478. The third kappa shape index (κ3) is 1.43. The monoisotopic (exact) mass is 119 g/mol. The molecule has 1 unspecified atom stereocenters. The van der Waals surface area contributed by atoms with Crippen LogP contribution in [0.15, 0.2) is 23.8 Å². The molecule has 0 aliphatic heterocycles. The van der Waals surface area contributed by atoms with Crippen molar-refractivity contribution in [2.45, 2.75) is 13.3 Å². The number of hydrogen-bond donors (Lipinski definition) is 0. The van der Waals surface area contributed by atoms with Gasteiger partial charge in [-0.05, 0) is 13.3 Å². The largest absolute Gasteiger partial charge is 0.198 e. The normalized spacial score (nSPS) is 24.9. The van der Waals surface area contributed by atoms with E-state index in [4.69, 9.17) is 5.26 Å². The molecule has 1 atom stereocenters. The van der Waals surface area contributed by atoms with Crippen molar-refractivity contribution >= 4 is 0 Å². The van der Waals surface area contributed by atoms with E-state index in [1.54, 1.807) is 0 Å². The molecule has 0 aromatic heterocycles. The van der Waals surface area contributed by atoms with Crippen LogP contribution in [0.4, 0.5) is 0 Å². The molecule has 0 heterocycles. The summed E-state index contributed by atoms with van der Waals surface area (Å²) in [7, 11) is 0. The average Bonchev–Trinajstić information content (AvgIpc) is 1.88. The number of hydrogen-bond acceptors (Lipinski definition) is 1. The van der Waals surface area contributed by atoms with Crippen LogP contribution >= 0.6 is 0 Å². The van der Waals surface area contributed by atoms with Crippen molar-refractivity contribution in [3.63, 3.8) is 0 Å². The first kappa shape index (κ1) is 6.10. The molecule has 0 N–H and O–H groups in total. The summed E-state index contributed by atoms with van der Waals surface area (Å²) in [6, 6.07) is 2.21. The van der Waals surface area contributed by atoms with Gasteiger partial charge < -0.3 is 0 Å². The molecule has 46 valence electrons. The molecule has 0 saturated heterocycles. The van der Waals surface area contributed by atoms with Gasteiger partial charge in [0.2, 0.25) is 0 Å². The number of allylic oxidation sites excluding steroid dienone is 4. The zero-order valence-corrected chi connectivity index (χ0v) is 5.46. The predicted molar refractivity (Wildman–Crippen MR) is 36.6 cm³/mol. The summed E-state index contributed by atoms with van der Waals surface area (Å²) in [4.78, 5) is 0. The van der Waals surface area contributed by atoms with Crippen LogP contribution in [0, 0.1) is 17.2 Å². The third-order valence-corrected chi connectivity index (χ3v) is 1.43. The van der Waals surface area contributed by atoms with Gasteiger partial charge in [-0.2, -0.15) is 5.26 Å². The summed E-state index contributed by atoms with van der Waals surface area (Å²) in [6.07, 6.45) is 6.85. The zero-order chi connectivity index (χ0) is 6.69. The minimum atomic E-state index is 0.120. The van der Waals surface area contributed by atoms with Crippen LogP contribution in [0.2, 0.25) is 0 Å². The Labute approximate surface area is 55.3 Å². The van der Waals surface area contributed by atoms with E-state index in [0.29, 0.717) is 0 Å². The molecule has 1 aliphatic rings. The van der Waals surface area contributed by atoms with Gasteiger partial charge in [0, 0.05) is 0 Å². The minimum Gasteiger partial charge on any atom is -0.198 e. The SMILES string of the molecule is CC1=CC=CC(C#N)C1. The Balaban J connectivity index is 2.64. The molecular weight excluding hydrogens is 110 g/mol. The molecule has 1 nitrogen and oxygen atoms in total. The molecule has 9 heavy (non-hydrogen) atoms. The van der Waals surface area contributed by atoms with E-state index in [1.165, 1.54) is 5.57 Å². The summed E-state index contributed by atoms with van der Waals surface area (Å²) < 4.78 is 0. The Hall–Kier alpha value is -1.03. The van der Waals surface area contributed by atoms with Crippen LogP contribution < -0.4 is 0 Å². The second-order valence-electron chi connectivity index (χ2n) is 2.34. The van der Waals surface area contributed by atoms with Crippen molar-refractivity contribution in [1.29, 1.82) is 5.26 Å². The van der Waals surface area contributed by atoms with E-state index in [0.717, 1.165) is 6.42 Å². The lowest BCUT2D eigenvalue weighted by Gasteiger charge is -2.06. The van der Waals surface area contributed by atoms with Gasteiger partial charge in [0.1, 0.15) is 0 Å². The lowest BCUT2D eigenvalue weighted by Crippen LogP contribution is -1.95. The fourth-order valence-corrected chi connectivity index (χ4v) is 0.926. The standard InChI is InChI=1S/C8H9N/c1-7-3-2-4-8(5-7)6-9/h2-4,8H,5H2,1H3. The van der Waals surface area contributed by atoms with Crippen molar-refractivity contribution in [3.05, 3.63) is 23.8 Å². The van der Waals surface area contributed by atoms with Crippen LogP contribution in [0.3, 0.4) is 0 Å². The lowest BCUT2D eigenvalue weighted by molar-refractivity contribution is 0.797. The molecule has 0 spiro atoms. The van der Waals surface area contributed by atoms with Crippen LogP contribution in [-0.4, -0.2) is 0 Å². The molecule has 0 fully saturated rings. The molecule has 1 aliphatic carbocycles. The summed E-state index contributed by atoms with van der Waals surface area (Å²) in [5.41, 5.74) is 1.30. The fraction of sp³-hybridized carbons (Fsp3) is 0.375. The first-order valence-electron chi connectivity index (χ1n) is 3.06. The molecule has 0 saturated carbocycles. The molecule has 0 aromatic rings. The number of nitrogens with zero attached hydrogens (tertiary/aromatic N) is 1. The van der Waals surface area contributed by atoms with Crippen LogP contribution in [0.1, 0.15) is 13.3 Å². The van der Waals surface area contributed by atoms with Crippen LogP contribution in [0.5, 0.6) is 0 Å². The van der Waals surface area contributed by atoms with Crippen molar-refractivity contribution < 1.29 is 0 Å². The van der Waals surface area contributed by atoms with E-state index < -0.39 is 0 Å². The Morgan fingerprint density at radius 2 is 2.56 bits per heavy atom. The van der Waals surface area contributed by atoms with Crippen LogP contribution in [0.25, 0.3) is 0 Å². The second-order valence-corrected chi connectivity index (χ2v) is 2.34. The summed E-state index contributed by atoms with van der Waals surface area (Å²) in [6.45, 7) is 2.05. The van der Waals surface area contributed by atoms with Gasteiger partial charge in [-0.25, -0.2) is 0 Å². The van der Waals surface area contributed by atoms with Gasteiger partial charge in [0.05, 0.1) is 12.0 Å². The molecular formula is C8H9N. The highest BCUT2D eigenvalue weighted by Gasteiger charge is 2.05. The molecule has 0 aromatic carbocycles. The van der Waals surface area contributed by atoms with Gasteiger partial charge in [0.15, 0.2) is 0 Å². The zero-order valence-electron chi connectivity index (χ0n) is 5.46. The molecule has 1 rings (SSSR count). The van der Waals surface area contributed by atoms with Gasteiger partial charge >= 0.3 is 0 Å². The van der Waals surface area contributed by atoms with Crippen molar-refractivity contribution in [1.82, 2.24) is 0 Å². The highest BCUT2D eigenvalue weighted by molar-refractivity contribution is 5.21. The highest BCUT2D eigenvalue weighted by Crippen LogP contribution is 2.16. The Morgan fingerprint density at radius 3 is 3.00 bits per heavy atom. The minimum absolute atomic E-state index is 0.120. The summed E-state index contributed by atoms with van der Waals surface area (Å²) in [5, 5.41) is 8.48. The van der Waals surface area contributed by atoms with E-state index in [2.05, 4.69) is 6.07 Å². The number of rotatable bonds is 0. The van der Waals surface area contributed by atoms with E-state index in [-0.39, 0.29) is 5.92 Å². The van der Waals surface area contributed by atoms with Crippen molar-refractivity contribution in [3.8, 4) is 6.07 Å². The Kier molecular flexibility index (Phi) is 1.69. The fourth-order valence-electron chi connectivity index (χ4n) is 0.926. The molecule has 0 amide bonds. The van der Waals surface area contributed by atoms with Crippen molar-refractivity contribution in [2.24, 2.45) is 5.92 Å². The van der Waals surface area contributed by atoms with Crippen LogP contribution in [-0.2, 0) is 0 Å². The predicted octanol–water partition coefficient (Wildman–Crippen LogP) is 2.03. The van der Waals surface area contributed by atoms with E-state index in [1.807, 2.05) is 25.2 Å². The van der Waals surface area contributed by atoms with E-state index >= 15 is 0 Å². The maximum Gasteiger partial charge on any atom is 0.0700 e. The lowest BCUT2D eigenvalue weighted by atomic mass is 9.97. The molecule has 1 heteroatoms. The van der Waals surface area contributed by atoms with Crippen molar-refractivity contribution in [2.75, 3.05) is 0 Å². The van der Waals surface area contributed by atoms with Gasteiger partial charge in [-0.3, -0.25) is 0 Å². The first-order chi connectivity index (χ1) is 4.33. The van der Waals surface area contributed by atoms with Gasteiger partial charge in [-0.1, -0.05) is 23.8 Å². The molecule has 0 radical (unpaired) electrons. The topological polar surface area (TPSA) is 23.8 Å². The van der Waals surface area contributed by atoms with E-state index in [9.17, 15) is 0 Å². The first-order valence-corrected chi connectivity index (χ1v) is 3.06. The summed E-state index contributed by atoms with van der Waals surface area (Å²) >= 11 is 0. The molecule has 0 bridgehead atoms. The number of nitriles is 1. The smallest absolute Gasteiger partial charge is 0.0700 e. The summed E-state index contributed by atoms with van der Waals surface area (Å²) in [5.74, 6) is 0.120.